The predicted octanol–water partition coefficient (Wildman–Crippen LogP) is -4.76. The molecule has 0 amide bonds. The third-order valence-corrected chi connectivity index (χ3v) is 3.63. The summed E-state index contributed by atoms with van der Waals surface area (Å²) in [4.78, 5) is 0. The average Bonchev–Trinajstić information content (AvgIpc) is 2.75. The van der Waals surface area contributed by atoms with Gasteiger partial charge in [-0.15, -0.1) is 0 Å². The van der Waals surface area contributed by atoms with Crippen molar-refractivity contribution in [2.45, 2.75) is 55.3 Å². The monoisotopic (exact) mass is 312 g/mol. The summed E-state index contributed by atoms with van der Waals surface area (Å²) >= 11 is 0. The summed E-state index contributed by atoms with van der Waals surface area (Å²) in [7, 11) is 0. The second kappa shape index (κ2) is 6.79. The number of aliphatic hydroxyl groups excluding tert-OH is 7. The van der Waals surface area contributed by atoms with Crippen LogP contribution in [0.5, 0.6) is 0 Å². The van der Waals surface area contributed by atoms with Crippen molar-refractivity contribution >= 4 is 0 Å². The van der Waals surface area contributed by atoms with Gasteiger partial charge in [-0.2, -0.15) is 0 Å². The molecule has 0 aromatic heterocycles. The standard InChI is InChI=1S/C11H20O10/c12-1-3-5(14)6(15)7(16)11(20-3)21-9-4(2-13)19-10(18)8(9)17/h3-18H,1-2H2/t3-,4+,5+,6+,7-,8-,9+,10+,11-/m1/s1. The lowest BCUT2D eigenvalue weighted by atomic mass is 9.99. The largest absolute Gasteiger partial charge is 0.394 e. The third-order valence-electron chi connectivity index (χ3n) is 3.63. The van der Waals surface area contributed by atoms with Crippen molar-refractivity contribution in [3.8, 4) is 0 Å². The Labute approximate surface area is 119 Å². The molecule has 0 aromatic rings. The van der Waals surface area contributed by atoms with Crippen LogP contribution in [0.4, 0.5) is 0 Å². The highest BCUT2D eigenvalue weighted by molar-refractivity contribution is 4.92. The van der Waals surface area contributed by atoms with Crippen molar-refractivity contribution in [1.82, 2.24) is 0 Å². The zero-order chi connectivity index (χ0) is 15.7. The van der Waals surface area contributed by atoms with Crippen molar-refractivity contribution in [2.75, 3.05) is 13.2 Å². The van der Waals surface area contributed by atoms with E-state index in [-0.39, 0.29) is 0 Å². The van der Waals surface area contributed by atoms with Crippen LogP contribution < -0.4 is 0 Å². The minimum absolute atomic E-state index is 0.559. The van der Waals surface area contributed by atoms with Gasteiger partial charge < -0.3 is 50.0 Å². The fourth-order valence-corrected chi connectivity index (χ4v) is 2.37. The van der Waals surface area contributed by atoms with Gasteiger partial charge in [0, 0.05) is 0 Å². The molecule has 2 saturated heterocycles. The first-order valence-corrected chi connectivity index (χ1v) is 6.49. The number of ether oxygens (including phenoxy) is 3. The highest BCUT2D eigenvalue weighted by Gasteiger charge is 2.49. The molecule has 2 rings (SSSR count). The van der Waals surface area contributed by atoms with E-state index >= 15 is 0 Å². The quantitative estimate of drug-likeness (QED) is 0.267. The zero-order valence-corrected chi connectivity index (χ0v) is 11.0. The van der Waals surface area contributed by atoms with Gasteiger partial charge in [-0.05, 0) is 0 Å². The molecule has 0 spiro atoms. The Bertz CT molecular complexity index is 339. The second-order valence-electron chi connectivity index (χ2n) is 5.04. The van der Waals surface area contributed by atoms with Crippen LogP contribution in [0.3, 0.4) is 0 Å². The molecule has 2 aliphatic heterocycles. The molecule has 0 saturated carbocycles. The van der Waals surface area contributed by atoms with Gasteiger partial charge in [0.25, 0.3) is 0 Å². The molecule has 0 unspecified atom stereocenters. The second-order valence-corrected chi connectivity index (χ2v) is 5.04. The first kappa shape index (κ1) is 17.0. The van der Waals surface area contributed by atoms with Crippen molar-refractivity contribution in [2.24, 2.45) is 0 Å². The topological polar surface area (TPSA) is 169 Å². The summed E-state index contributed by atoms with van der Waals surface area (Å²) in [6.07, 6.45) is -12.8. The molecule has 0 aromatic carbocycles. The molecule has 2 fully saturated rings. The Morgan fingerprint density at radius 3 is 1.90 bits per heavy atom. The Hall–Kier alpha value is -0.400. The maximum absolute atomic E-state index is 9.80. The highest BCUT2D eigenvalue weighted by atomic mass is 16.7. The van der Waals surface area contributed by atoms with Crippen LogP contribution in [0.1, 0.15) is 0 Å². The minimum Gasteiger partial charge on any atom is -0.394 e. The number of hydrogen-bond acceptors (Lipinski definition) is 10. The smallest absolute Gasteiger partial charge is 0.187 e. The summed E-state index contributed by atoms with van der Waals surface area (Å²) < 4.78 is 15.2. The molecular weight excluding hydrogens is 292 g/mol. The SMILES string of the molecule is OC[C@@H]1O[C@H](O)[C@H](O)[C@H]1O[C@H]1O[C@H](CO)[C@H](O)[C@H](O)[C@H]1O. The number of hydrogen-bond donors (Lipinski definition) is 7. The Kier molecular flexibility index (Phi) is 5.48. The third kappa shape index (κ3) is 3.19. The van der Waals surface area contributed by atoms with Gasteiger partial charge in [-0.3, -0.25) is 0 Å². The van der Waals surface area contributed by atoms with E-state index in [1.54, 1.807) is 0 Å². The lowest BCUT2D eigenvalue weighted by molar-refractivity contribution is -0.318. The Morgan fingerprint density at radius 2 is 1.33 bits per heavy atom. The van der Waals surface area contributed by atoms with Gasteiger partial charge in [0.05, 0.1) is 13.2 Å². The van der Waals surface area contributed by atoms with E-state index in [2.05, 4.69) is 0 Å². The maximum Gasteiger partial charge on any atom is 0.187 e. The van der Waals surface area contributed by atoms with E-state index in [9.17, 15) is 25.5 Å². The van der Waals surface area contributed by atoms with E-state index < -0.39 is 68.5 Å². The molecule has 9 atom stereocenters. The first-order chi connectivity index (χ1) is 9.90. The number of aliphatic hydroxyl groups is 7. The Balaban J connectivity index is 2.07. The molecular formula is C11H20O10. The van der Waals surface area contributed by atoms with Crippen LogP contribution in [0.15, 0.2) is 0 Å². The van der Waals surface area contributed by atoms with E-state index in [4.69, 9.17) is 24.4 Å². The molecule has 21 heavy (non-hydrogen) atoms. The summed E-state index contributed by atoms with van der Waals surface area (Å²) in [6.45, 7) is -1.18. The van der Waals surface area contributed by atoms with Crippen LogP contribution in [0, 0.1) is 0 Å². The predicted molar refractivity (Wildman–Crippen MR) is 62.6 cm³/mol. The normalized spacial score (nSPS) is 51.3. The molecule has 2 heterocycles. The van der Waals surface area contributed by atoms with Gasteiger partial charge >= 0.3 is 0 Å². The van der Waals surface area contributed by atoms with Gasteiger partial charge in [-0.1, -0.05) is 0 Å². The zero-order valence-electron chi connectivity index (χ0n) is 11.0. The lowest BCUT2D eigenvalue weighted by Crippen LogP contribution is -2.60. The van der Waals surface area contributed by atoms with Crippen LogP contribution in [-0.2, 0) is 14.2 Å². The summed E-state index contributed by atoms with van der Waals surface area (Å²) in [5, 5.41) is 66.3. The molecule has 10 heteroatoms. The lowest BCUT2D eigenvalue weighted by Gasteiger charge is -2.41. The van der Waals surface area contributed by atoms with Crippen molar-refractivity contribution < 1.29 is 50.0 Å². The van der Waals surface area contributed by atoms with Crippen LogP contribution in [0.2, 0.25) is 0 Å². The van der Waals surface area contributed by atoms with Crippen LogP contribution in [0.25, 0.3) is 0 Å². The summed E-state index contributed by atoms with van der Waals surface area (Å²) in [6, 6.07) is 0. The average molecular weight is 312 g/mol. The number of rotatable bonds is 4. The van der Waals surface area contributed by atoms with Gasteiger partial charge in [-0.25, -0.2) is 0 Å². The fraction of sp³-hybridized carbons (Fsp3) is 1.00. The summed E-state index contributed by atoms with van der Waals surface area (Å²) in [5.74, 6) is 0. The Morgan fingerprint density at radius 1 is 0.714 bits per heavy atom. The van der Waals surface area contributed by atoms with Crippen molar-refractivity contribution in [3.05, 3.63) is 0 Å². The minimum atomic E-state index is -1.65. The van der Waals surface area contributed by atoms with Crippen molar-refractivity contribution in [1.29, 1.82) is 0 Å². The highest BCUT2D eigenvalue weighted by Crippen LogP contribution is 2.28. The van der Waals surface area contributed by atoms with Gasteiger partial charge in [0.1, 0.15) is 42.7 Å². The molecule has 10 nitrogen and oxygen atoms in total. The van der Waals surface area contributed by atoms with E-state index in [1.165, 1.54) is 0 Å². The maximum atomic E-state index is 9.80. The van der Waals surface area contributed by atoms with Gasteiger partial charge in [0.15, 0.2) is 12.6 Å². The van der Waals surface area contributed by atoms with Crippen LogP contribution in [-0.4, -0.2) is 104 Å². The summed E-state index contributed by atoms with van der Waals surface area (Å²) in [5.41, 5.74) is 0. The van der Waals surface area contributed by atoms with Crippen molar-refractivity contribution in [3.63, 3.8) is 0 Å². The molecule has 7 N–H and O–H groups in total. The van der Waals surface area contributed by atoms with E-state index in [1.807, 2.05) is 0 Å². The molecule has 0 radical (unpaired) electrons. The van der Waals surface area contributed by atoms with Crippen LogP contribution >= 0.6 is 0 Å². The molecule has 0 aliphatic carbocycles. The molecule has 0 bridgehead atoms. The molecule has 2 aliphatic rings. The fourth-order valence-electron chi connectivity index (χ4n) is 2.37. The van der Waals surface area contributed by atoms with E-state index in [0.29, 0.717) is 0 Å². The van der Waals surface area contributed by atoms with Gasteiger partial charge in [0.2, 0.25) is 0 Å². The first-order valence-electron chi connectivity index (χ1n) is 6.49. The van der Waals surface area contributed by atoms with E-state index in [0.717, 1.165) is 0 Å². The molecule has 124 valence electrons.